The average Bonchev–Trinajstić information content (AvgIpc) is 2.50. The average molecular weight is 258 g/mol. The number of nitrogens with zero attached hydrogens (tertiary/aromatic N) is 1. The highest BCUT2D eigenvalue weighted by molar-refractivity contribution is 7.98. The number of hydrogen-bond donors (Lipinski definition) is 1. The normalized spacial score (nSPS) is 26.9. The Labute approximate surface area is 110 Å². The number of nitrogens with one attached hydrogen (secondary N) is 1. The van der Waals surface area contributed by atoms with Gasteiger partial charge in [0, 0.05) is 6.04 Å². The molecule has 0 aromatic rings. The largest absolute Gasteiger partial charge is 0.323 e. The predicted molar refractivity (Wildman–Crippen MR) is 75.1 cm³/mol. The van der Waals surface area contributed by atoms with Crippen LogP contribution in [-0.2, 0) is 4.79 Å². The Morgan fingerprint density at radius 2 is 2.06 bits per heavy atom. The number of carbonyl (C=O) groups excluding carboxylic acids is 1. The fraction of sp³-hybridized carbons (Fsp3) is 0.923. The number of thioether (sulfide) groups is 1. The summed E-state index contributed by atoms with van der Waals surface area (Å²) in [6.45, 7) is 8.55. The van der Waals surface area contributed by atoms with Gasteiger partial charge in [0.05, 0.1) is 12.2 Å². The maximum absolute atomic E-state index is 12.2. The highest BCUT2D eigenvalue weighted by Gasteiger charge is 2.38. The van der Waals surface area contributed by atoms with Crippen molar-refractivity contribution in [2.75, 3.05) is 12.0 Å². The van der Waals surface area contributed by atoms with Crippen LogP contribution in [-0.4, -0.2) is 41.1 Å². The summed E-state index contributed by atoms with van der Waals surface area (Å²) in [6, 6.07) is 0.326. The lowest BCUT2D eigenvalue weighted by atomic mass is 10.1. The molecule has 1 fully saturated rings. The first-order valence-electron chi connectivity index (χ1n) is 6.54. The fourth-order valence-corrected chi connectivity index (χ4v) is 2.97. The van der Waals surface area contributed by atoms with Crippen LogP contribution < -0.4 is 5.32 Å². The summed E-state index contributed by atoms with van der Waals surface area (Å²) >= 11 is 1.85. The van der Waals surface area contributed by atoms with Gasteiger partial charge in [-0.05, 0) is 44.6 Å². The Hall–Kier alpha value is -0.220. The Bertz CT molecular complexity index is 258. The zero-order chi connectivity index (χ0) is 13.0. The summed E-state index contributed by atoms with van der Waals surface area (Å²) in [4.78, 5) is 14.2. The van der Waals surface area contributed by atoms with Gasteiger partial charge >= 0.3 is 0 Å². The van der Waals surface area contributed by atoms with E-state index in [0.29, 0.717) is 12.0 Å². The van der Waals surface area contributed by atoms with E-state index in [1.165, 1.54) is 0 Å². The van der Waals surface area contributed by atoms with Crippen molar-refractivity contribution in [2.45, 2.75) is 58.8 Å². The van der Waals surface area contributed by atoms with Gasteiger partial charge in [0.2, 0.25) is 5.91 Å². The summed E-state index contributed by atoms with van der Waals surface area (Å²) in [5.41, 5.74) is 0. The first kappa shape index (κ1) is 14.8. The van der Waals surface area contributed by atoms with Crippen LogP contribution in [0.2, 0.25) is 0 Å². The van der Waals surface area contributed by atoms with Gasteiger partial charge in [-0.1, -0.05) is 13.8 Å². The minimum atomic E-state index is -0.0181. The fourth-order valence-electron chi connectivity index (χ4n) is 2.40. The molecule has 1 aliphatic rings. The van der Waals surface area contributed by atoms with E-state index in [4.69, 9.17) is 0 Å². The topological polar surface area (TPSA) is 32.3 Å². The van der Waals surface area contributed by atoms with Crippen molar-refractivity contribution in [2.24, 2.45) is 5.92 Å². The van der Waals surface area contributed by atoms with Crippen LogP contribution in [0.3, 0.4) is 0 Å². The molecule has 0 bridgehead atoms. The molecule has 3 nitrogen and oxygen atoms in total. The lowest BCUT2D eigenvalue weighted by molar-refractivity contribution is -0.131. The first-order valence-corrected chi connectivity index (χ1v) is 7.94. The molecule has 1 rings (SSSR count). The van der Waals surface area contributed by atoms with Gasteiger partial charge in [-0.25, -0.2) is 0 Å². The van der Waals surface area contributed by atoms with Gasteiger partial charge in [-0.3, -0.25) is 10.1 Å². The van der Waals surface area contributed by atoms with Crippen molar-refractivity contribution in [1.29, 1.82) is 0 Å². The summed E-state index contributed by atoms with van der Waals surface area (Å²) in [7, 11) is 0. The number of carbonyl (C=O) groups is 1. The third kappa shape index (κ3) is 3.88. The van der Waals surface area contributed by atoms with E-state index >= 15 is 0 Å². The molecule has 1 saturated heterocycles. The molecule has 0 spiro atoms. The SMILES string of the molecule is CSCCC(C)N1C(=O)C(C)NC1CC(C)C. The van der Waals surface area contributed by atoms with Gasteiger partial charge in [0.25, 0.3) is 0 Å². The van der Waals surface area contributed by atoms with E-state index in [2.05, 4.69) is 37.2 Å². The van der Waals surface area contributed by atoms with E-state index in [1.807, 2.05) is 18.7 Å². The molecule has 0 aromatic carbocycles. The smallest absolute Gasteiger partial charge is 0.240 e. The van der Waals surface area contributed by atoms with E-state index in [-0.39, 0.29) is 18.1 Å². The standard InChI is InChI=1S/C13H26N2OS/c1-9(2)8-12-14-11(4)13(16)15(12)10(3)6-7-17-5/h9-12,14H,6-8H2,1-5H3. The molecule has 3 atom stereocenters. The summed E-state index contributed by atoms with van der Waals surface area (Å²) in [6.07, 6.45) is 4.47. The second kappa shape index (κ2) is 6.64. The molecule has 100 valence electrons. The second-order valence-electron chi connectivity index (χ2n) is 5.41. The third-order valence-corrected chi connectivity index (χ3v) is 3.96. The van der Waals surface area contributed by atoms with Crippen LogP contribution in [0.5, 0.6) is 0 Å². The number of rotatable bonds is 6. The van der Waals surface area contributed by atoms with Gasteiger partial charge in [0.15, 0.2) is 0 Å². The van der Waals surface area contributed by atoms with Crippen molar-refractivity contribution in [3.05, 3.63) is 0 Å². The molecule has 17 heavy (non-hydrogen) atoms. The zero-order valence-electron chi connectivity index (χ0n) is 11.7. The molecule has 0 saturated carbocycles. The van der Waals surface area contributed by atoms with Crippen molar-refractivity contribution in [1.82, 2.24) is 10.2 Å². The molecule has 1 N–H and O–H groups in total. The second-order valence-corrected chi connectivity index (χ2v) is 6.40. The molecule has 3 unspecified atom stereocenters. The summed E-state index contributed by atoms with van der Waals surface area (Å²) < 4.78 is 0. The lowest BCUT2D eigenvalue weighted by Gasteiger charge is -2.31. The molecular weight excluding hydrogens is 232 g/mol. The molecular formula is C13H26N2OS. The first-order chi connectivity index (χ1) is 7.97. The minimum absolute atomic E-state index is 0.0181. The molecule has 0 radical (unpaired) electrons. The van der Waals surface area contributed by atoms with E-state index in [9.17, 15) is 4.79 Å². The van der Waals surface area contributed by atoms with Gasteiger partial charge in [0.1, 0.15) is 0 Å². The van der Waals surface area contributed by atoms with Crippen molar-refractivity contribution < 1.29 is 4.79 Å². The molecule has 0 aliphatic carbocycles. The Morgan fingerprint density at radius 3 is 2.59 bits per heavy atom. The number of amides is 1. The van der Waals surface area contributed by atoms with Crippen LogP contribution in [0.4, 0.5) is 0 Å². The maximum atomic E-state index is 12.2. The maximum Gasteiger partial charge on any atom is 0.240 e. The van der Waals surface area contributed by atoms with E-state index in [0.717, 1.165) is 18.6 Å². The van der Waals surface area contributed by atoms with Crippen LogP contribution in [0.25, 0.3) is 0 Å². The Balaban J connectivity index is 2.65. The van der Waals surface area contributed by atoms with Gasteiger partial charge < -0.3 is 4.90 Å². The molecule has 4 heteroatoms. The summed E-state index contributed by atoms with van der Waals surface area (Å²) in [5, 5.41) is 3.41. The van der Waals surface area contributed by atoms with Crippen LogP contribution in [0, 0.1) is 5.92 Å². The van der Waals surface area contributed by atoms with Crippen molar-refractivity contribution in [3.63, 3.8) is 0 Å². The monoisotopic (exact) mass is 258 g/mol. The quantitative estimate of drug-likeness (QED) is 0.793. The molecule has 1 heterocycles. The highest BCUT2D eigenvalue weighted by Crippen LogP contribution is 2.22. The van der Waals surface area contributed by atoms with E-state index in [1.54, 1.807) is 0 Å². The lowest BCUT2D eigenvalue weighted by Crippen LogP contribution is -2.44. The Kier molecular flexibility index (Phi) is 5.80. The van der Waals surface area contributed by atoms with Crippen LogP contribution in [0.15, 0.2) is 0 Å². The minimum Gasteiger partial charge on any atom is -0.323 e. The molecule has 0 aromatic heterocycles. The van der Waals surface area contributed by atoms with Gasteiger partial charge in [-0.15, -0.1) is 0 Å². The number of hydrogen-bond acceptors (Lipinski definition) is 3. The highest BCUT2D eigenvalue weighted by atomic mass is 32.2. The van der Waals surface area contributed by atoms with Crippen LogP contribution >= 0.6 is 11.8 Å². The zero-order valence-corrected chi connectivity index (χ0v) is 12.5. The molecule has 1 amide bonds. The Morgan fingerprint density at radius 1 is 1.41 bits per heavy atom. The van der Waals surface area contributed by atoms with Crippen molar-refractivity contribution >= 4 is 17.7 Å². The summed E-state index contributed by atoms with van der Waals surface area (Å²) in [5.74, 6) is 2.00. The molecule has 1 aliphatic heterocycles. The van der Waals surface area contributed by atoms with E-state index < -0.39 is 0 Å². The van der Waals surface area contributed by atoms with Crippen molar-refractivity contribution in [3.8, 4) is 0 Å². The predicted octanol–water partition coefficient (Wildman–Crippen LogP) is 2.32. The van der Waals surface area contributed by atoms with Crippen LogP contribution in [0.1, 0.15) is 40.5 Å². The third-order valence-electron chi connectivity index (χ3n) is 3.31. The van der Waals surface area contributed by atoms with Gasteiger partial charge in [-0.2, -0.15) is 11.8 Å².